The fraction of sp³-hybridized carbons (Fsp3) is 0.846. The van der Waals surface area contributed by atoms with Crippen molar-refractivity contribution in [3.05, 3.63) is 0 Å². The number of methoxy groups -OCH3 is 1. The lowest BCUT2D eigenvalue weighted by molar-refractivity contribution is -0.145. The first kappa shape index (κ1) is 16.3. The Morgan fingerprint density at radius 1 is 1.42 bits per heavy atom. The third-order valence-electron chi connectivity index (χ3n) is 3.23. The molecule has 1 rings (SSSR count). The second-order valence-corrected chi connectivity index (χ2v) is 7.24. The number of carbonyl (C=O) groups excluding carboxylic acids is 2. The molecule has 0 aromatic heterocycles. The molecule has 0 aromatic rings. The van der Waals surface area contributed by atoms with Crippen molar-refractivity contribution >= 4 is 23.6 Å². The molecule has 5 nitrogen and oxygen atoms in total. The van der Waals surface area contributed by atoms with Gasteiger partial charge in [-0.2, -0.15) is 11.8 Å². The van der Waals surface area contributed by atoms with E-state index in [1.165, 1.54) is 14.0 Å². The summed E-state index contributed by atoms with van der Waals surface area (Å²) in [7, 11) is 1.35. The highest BCUT2D eigenvalue weighted by Crippen LogP contribution is 2.30. The van der Waals surface area contributed by atoms with Gasteiger partial charge in [-0.1, -0.05) is 13.8 Å². The van der Waals surface area contributed by atoms with E-state index in [0.717, 1.165) is 25.3 Å². The second kappa shape index (κ2) is 7.14. The summed E-state index contributed by atoms with van der Waals surface area (Å²) in [6.07, 6.45) is 1.08. The van der Waals surface area contributed by atoms with Crippen LogP contribution in [0.4, 0.5) is 0 Å². The van der Waals surface area contributed by atoms with E-state index in [4.69, 9.17) is 4.74 Å². The van der Waals surface area contributed by atoms with E-state index >= 15 is 0 Å². The lowest BCUT2D eigenvalue weighted by Crippen LogP contribution is -2.49. The number of nitrogens with zero attached hydrogens (tertiary/aromatic N) is 1. The van der Waals surface area contributed by atoms with Gasteiger partial charge in [-0.15, -0.1) is 0 Å². The minimum Gasteiger partial charge on any atom is -0.467 e. The highest BCUT2D eigenvalue weighted by molar-refractivity contribution is 8.00. The molecule has 0 saturated carbocycles. The van der Waals surface area contributed by atoms with Gasteiger partial charge in [0.1, 0.15) is 6.04 Å². The number of hydrogen-bond donors (Lipinski definition) is 1. The maximum Gasteiger partial charge on any atom is 0.329 e. The number of ether oxygens (including phenoxy) is 1. The van der Waals surface area contributed by atoms with E-state index in [2.05, 4.69) is 24.1 Å². The highest BCUT2D eigenvalue weighted by atomic mass is 32.2. The molecule has 0 bridgehead atoms. The van der Waals surface area contributed by atoms with Crippen molar-refractivity contribution in [2.45, 2.75) is 38.0 Å². The molecule has 1 N–H and O–H groups in total. The van der Waals surface area contributed by atoms with Crippen molar-refractivity contribution in [1.82, 2.24) is 10.2 Å². The Hall–Kier alpha value is -0.750. The number of esters is 1. The summed E-state index contributed by atoms with van der Waals surface area (Å²) in [6.45, 7) is 8.29. The Labute approximate surface area is 119 Å². The number of hydrogen-bond acceptors (Lipinski definition) is 5. The summed E-state index contributed by atoms with van der Waals surface area (Å²) in [5.41, 5.74) is 0. The summed E-state index contributed by atoms with van der Waals surface area (Å²) in [4.78, 5) is 25.0. The van der Waals surface area contributed by atoms with Crippen LogP contribution >= 0.6 is 11.8 Å². The van der Waals surface area contributed by atoms with Gasteiger partial charge < -0.3 is 10.1 Å². The highest BCUT2D eigenvalue weighted by Gasteiger charge is 2.27. The first-order valence-corrected chi connectivity index (χ1v) is 7.54. The summed E-state index contributed by atoms with van der Waals surface area (Å²) < 4.78 is 5.02. The van der Waals surface area contributed by atoms with E-state index in [-0.39, 0.29) is 16.6 Å². The Balaban J connectivity index is 2.58. The zero-order valence-corrected chi connectivity index (χ0v) is 13.0. The average molecular weight is 288 g/mol. The number of amides is 1. The number of rotatable bonds is 4. The molecule has 0 spiro atoms. The van der Waals surface area contributed by atoms with Crippen LogP contribution in [0.25, 0.3) is 0 Å². The van der Waals surface area contributed by atoms with Crippen LogP contribution in [0.2, 0.25) is 0 Å². The first-order valence-electron chi connectivity index (χ1n) is 6.55. The summed E-state index contributed by atoms with van der Waals surface area (Å²) in [5.74, 6) is 0.451. The van der Waals surface area contributed by atoms with Crippen molar-refractivity contribution in [2.75, 3.05) is 32.5 Å². The Kier molecular flexibility index (Phi) is 6.13. The molecule has 1 unspecified atom stereocenters. The van der Waals surface area contributed by atoms with Gasteiger partial charge in [0.2, 0.25) is 5.91 Å². The molecule has 110 valence electrons. The minimum absolute atomic E-state index is 0.208. The minimum atomic E-state index is -0.575. The molecule has 1 saturated heterocycles. The van der Waals surface area contributed by atoms with Crippen LogP contribution in [-0.2, 0) is 14.3 Å². The summed E-state index contributed by atoms with van der Waals surface area (Å²) in [5, 5.41) is 2.66. The fourth-order valence-electron chi connectivity index (χ4n) is 2.07. The fourth-order valence-corrected chi connectivity index (χ4v) is 3.21. The largest absolute Gasteiger partial charge is 0.467 e. The molecule has 0 aliphatic carbocycles. The monoisotopic (exact) mass is 288 g/mol. The molecule has 19 heavy (non-hydrogen) atoms. The normalized spacial score (nSPS) is 21.3. The van der Waals surface area contributed by atoms with Crippen LogP contribution in [0.15, 0.2) is 0 Å². The quantitative estimate of drug-likeness (QED) is 0.778. The Bertz CT molecular complexity index is 334. The molecule has 1 aliphatic heterocycles. The zero-order valence-electron chi connectivity index (χ0n) is 12.2. The van der Waals surface area contributed by atoms with Crippen molar-refractivity contribution in [2.24, 2.45) is 0 Å². The third-order valence-corrected chi connectivity index (χ3v) is 4.61. The van der Waals surface area contributed by atoms with E-state index in [1.807, 2.05) is 11.8 Å². The lowest BCUT2D eigenvalue weighted by atomic mass is 10.1. The van der Waals surface area contributed by atoms with Crippen LogP contribution in [0.1, 0.15) is 27.2 Å². The molecule has 6 heteroatoms. The van der Waals surface area contributed by atoms with Crippen LogP contribution in [0.3, 0.4) is 0 Å². The van der Waals surface area contributed by atoms with Gasteiger partial charge in [0.25, 0.3) is 0 Å². The average Bonchev–Trinajstić information content (AvgIpc) is 2.48. The molecule has 0 aromatic carbocycles. The molecule has 1 aliphatic rings. The predicted molar refractivity (Wildman–Crippen MR) is 77.2 cm³/mol. The number of carbonyl (C=O) groups is 2. The van der Waals surface area contributed by atoms with Gasteiger partial charge in [-0.05, 0) is 13.0 Å². The van der Waals surface area contributed by atoms with Crippen molar-refractivity contribution < 1.29 is 14.3 Å². The lowest BCUT2D eigenvalue weighted by Gasteiger charge is -2.25. The Morgan fingerprint density at radius 2 is 2.11 bits per heavy atom. The second-order valence-electron chi connectivity index (χ2n) is 5.44. The van der Waals surface area contributed by atoms with Gasteiger partial charge in [0, 0.05) is 30.5 Å². The zero-order chi connectivity index (χ0) is 14.5. The SMILES string of the molecule is COC(=O)C(CN1CCSC(C)(C)CC1)NC(C)=O. The molecule has 0 radical (unpaired) electrons. The molecule has 1 amide bonds. The molecule has 1 heterocycles. The van der Waals surface area contributed by atoms with Gasteiger partial charge in [-0.3, -0.25) is 9.69 Å². The third kappa shape index (κ3) is 5.82. The summed E-state index contributed by atoms with van der Waals surface area (Å²) in [6, 6.07) is -0.575. The van der Waals surface area contributed by atoms with Crippen LogP contribution in [0, 0.1) is 0 Å². The van der Waals surface area contributed by atoms with E-state index in [1.54, 1.807) is 0 Å². The van der Waals surface area contributed by atoms with Crippen molar-refractivity contribution in [1.29, 1.82) is 0 Å². The van der Waals surface area contributed by atoms with Gasteiger partial charge in [0.05, 0.1) is 7.11 Å². The topological polar surface area (TPSA) is 58.6 Å². The number of nitrogens with one attached hydrogen (secondary N) is 1. The van der Waals surface area contributed by atoms with Crippen LogP contribution < -0.4 is 5.32 Å². The smallest absolute Gasteiger partial charge is 0.329 e. The molecular weight excluding hydrogens is 264 g/mol. The molecular formula is C13H24N2O3S. The predicted octanol–water partition coefficient (Wildman–Crippen LogP) is 0.882. The molecule has 1 fully saturated rings. The Morgan fingerprint density at radius 3 is 2.68 bits per heavy atom. The summed E-state index contributed by atoms with van der Waals surface area (Å²) >= 11 is 1.95. The van der Waals surface area contributed by atoms with Gasteiger partial charge >= 0.3 is 5.97 Å². The first-order chi connectivity index (χ1) is 8.84. The van der Waals surface area contributed by atoms with Crippen LogP contribution in [-0.4, -0.2) is 60.1 Å². The molecule has 1 atom stereocenters. The van der Waals surface area contributed by atoms with E-state index in [0.29, 0.717) is 6.54 Å². The standard InChI is InChI=1S/C13H24N2O3S/c1-10(16)14-11(12(17)18-4)9-15-6-5-13(2,3)19-8-7-15/h11H,5-9H2,1-4H3,(H,14,16). The van der Waals surface area contributed by atoms with Crippen LogP contribution in [0.5, 0.6) is 0 Å². The maximum absolute atomic E-state index is 11.7. The maximum atomic E-state index is 11.7. The van der Waals surface area contributed by atoms with Crippen molar-refractivity contribution in [3.63, 3.8) is 0 Å². The van der Waals surface area contributed by atoms with E-state index in [9.17, 15) is 9.59 Å². The van der Waals surface area contributed by atoms with E-state index < -0.39 is 6.04 Å². The van der Waals surface area contributed by atoms with Gasteiger partial charge in [-0.25, -0.2) is 4.79 Å². The van der Waals surface area contributed by atoms with Crippen molar-refractivity contribution in [3.8, 4) is 0 Å². The number of thioether (sulfide) groups is 1. The van der Waals surface area contributed by atoms with Gasteiger partial charge in [0.15, 0.2) is 0 Å².